The lowest BCUT2D eigenvalue weighted by Crippen LogP contribution is -2.45. The number of allylic oxidation sites excluding steroid dienone is 1. The summed E-state index contributed by atoms with van der Waals surface area (Å²) in [6, 6.07) is 2.62. The summed E-state index contributed by atoms with van der Waals surface area (Å²) in [6.07, 6.45) is 3.39. The number of halogens is 2. The van der Waals surface area contributed by atoms with E-state index in [1.165, 1.54) is 12.1 Å². The van der Waals surface area contributed by atoms with Crippen LogP contribution in [-0.2, 0) is 0 Å². The maximum Gasteiger partial charge on any atom is 0.165 e. The lowest BCUT2D eigenvalue weighted by atomic mass is 9.98. The minimum atomic E-state index is -0.622. The van der Waals surface area contributed by atoms with Crippen molar-refractivity contribution in [3.63, 3.8) is 0 Å². The molecule has 0 radical (unpaired) electrons. The smallest absolute Gasteiger partial charge is 0.165 e. The van der Waals surface area contributed by atoms with E-state index in [-0.39, 0.29) is 11.8 Å². The molecule has 2 rings (SSSR count). The molecule has 0 saturated carbocycles. The molecule has 0 unspecified atom stereocenters. The largest absolute Gasteiger partial charge is 0.505 e. The summed E-state index contributed by atoms with van der Waals surface area (Å²) < 4.78 is 13.6. The summed E-state index contributed by atoms with van der Waals surface area (Å²) in [5, 5.41) is 13.8. The van der Waals surface area contributed by atoms with Crippen LogP contribution in [0.15, 0.2) is 24.8 Å². The van der Waals surface area contributed by atoms with Crippen LogP contribution < -0.4 is 5.32 Å². The number of nitrogens with one attached hydrogen (secondary N) is 1. The number of piperazine rings is 1. The molecule has 0 aliphatic carbocycles. The summed E-state index contributed by atoms with van der Waals surface area (Å²) in [7, 11) is 0. The van der Waals surface area contributed by atoms with Gasteiger partial charge in [-0.3, -0.25) is 4.90 Å². The molecule has 1 heterocycles. The van der Waals surface area contributed by atoms with Gasteiger partial charge in [0.1, 0.15) is 0 Å². The molecule has 1 atom stereocenters. The lowest BCUT2D eigenvalue weighted by molar-refractivity contribution is 0.163. The van der Waals surface area contributed by atoms with E-state index in [0.717, 1.165) is 39.0 Å². The van der Waals surface area contributed by atoms with Crippen LogP contribution in [0.25, 0.3) is 0 Å². The van der Waals surface area contributed by atoms with Gasteiger partial charge in [0.15, 0.2) is 11.6 Å². The summed E-state index contributed by atoms with van der Waals surface area (Å²) in [6.45, 7) is 7.22. The van der Waals surface area contributed by atoms with Gasteiger partial charge in [0.2, 0.25) is 0 Å². The highest BCUT2D eigenvalue weighted by atomic mass is 35.5. The topological polar surface area (TPSA) is 35.5 Å². The van der Waals surface area contributed by atoms with Crippen LogP contribution in [0.1, 0.15) is 24.4 Å². The van der Waals surface area contributed by atoms with E-state index in [9.17, 15) is 9.50 Å². The van der Waals surface area contributed by atoms with E-state index in [1.807, 2.05) is 6.08 Å². The zero-order valence-electron chi connectivity index (χ0n) is 11.4. The second kappa shape index (κ2) is 7.07. The Morgan fingerprint density at radius 2 is 2.15 bits per heavy atom. The molecule has 0 bridgehead atoms. The highest BCUT2D eigenvalue weighted by molar-refractivity contribution is 6.31. The average Bonchev–Trinajstić information content (AvgIpc) is 2.47. The Balaban J connectivity index is 2.34. The fraction of sp³-hybridized carbons (Fsp3) is 0.467. The Morgan fingerprint density at radius 3 is 2.80 bits per heavy atom. The second-order valence-corrected chi connectivity index (χ2v) is 5.37. The predicted octanol–water partition coefficient (Wildman–Crippen LogP) is 3.10. The van der Waals surface area contributed by atoms with Gasteiger partial charge in [-0.25, -0.2) is 4.39 Å². The molecular weight excluding hydrogens is 279 g/mol. The third-order valence-electron chi connectivity index (χ3n) is 3.68. The first kappa shape index (κ1) is 15.3. The van der Waals surface area contributed by atoms with Gasteiger partial charge in [0, 0.05) is 42.8 Å². The van der Waals surface area contributed by atoms with E-state index in [4.69, 9.17) is 11.6 Å². The molecule has 0 amide bonds. The van der Waals surface area contributed by atoms with Crippen LogP contribution >= 0.6 is 11.6 Å². The molecular formula is C15H20ClFN2O. The Hall–Kier alpha value is -1.10. The Kier molecular flexibility index (Phi) is 5.40. The standard InChI is InChI=1S/C15H20ClFN2O/c1-2-3-4-13(19-9-7-18-8-10-19)14-11(16)5-6-12(17)15(14)20/h2,5-6,13,18,20H,1,3-4,7-10H2/t13-/m0/s1. The van der Waals surface area contributed by atoms with E-state index in [2.05, 4.69) is 16.8 Å². The van der Waals surface area contributed by atoms with Gasteiger partial charge < -0.3 is 10.4 Å². The van der Waals surface area contributed by atoms with Crippen molar-refractivity contribution in [1.29, 1.82) is 0 Å². The van der Waals surface area contributed by atoms with E-state index in [1.54, 1.807) is 0 Å². The van der Waals surface area contributed by atoms with Crippen molar-refractivity contribution in [2.75, 3.05) is 26.2 Å². The van der Waals surface area contributed by atoms with E-state index >= 15 is 0 Å². The normalized spacial score (nSPS) is 17.9. The molecule has 0 spiro atoms. The first-order valence-electron chi connectivity index (χ1n) is 6.87. The monoisotopic (exact) mass is 298 g/mol. The highest BCUT2D eigenvalue weighted by Gasteiger charge is 2.27. The van der Waals surface area contributed by atoms with Gasteiger partial charge in [-0.15, -0.1) is 6.58 Å². The van der Waals surface area contributed by atoms with Crippen molar-refractivity contribution in [2.45, 2.75) is 18.9 Å². The van der Waals surface area contributed by atoms with Crippen molar-refractivity contribution >= 4 is 11.6 Å². The van der Waals surface area contributed by atoms with Crippen molar-refractivity contribution in [3.05, 3.63) is 41.2 Å². The average molecular weight is 299 g/mol. The van der Waals surface area contributed by atoms with E-state index in [0.29, 0.717) is 10.6 Å². The first-order chi connectivity index (χ1) is 9.65. The number of rotatable bonds is 5. The maximum atomic E-state index is 13.6. The molecule has 1 aromatic carbocycles. The summed E-state index contributed by atoms with van der Waals surface area (Å²) in [5.41, 5.74) is 0.496. The van der Waals surface area contributed by atoms with Crippen LogP contribution in [0, 0.1) is 5.82 Å². The Morgan fingerprint density at radius 1 is 1.45 bits per heavy atom. The minimum Gasteiger partial charge on any atom is -0.505 e. The molecule has 1 aliphatic heterocycles. The number of benzene rings is 1. The molecule has 1 aliphatic rings. The maximum absolute atomic E-state index is 13.6. The summed E-state index contributed by atoms with van der Waals surface area (Å²) >= 11 is 6.20. The van der Waals surface area contributed by atoms with Crippen molar-refractivity contribution < 1.29 is 9.50 Å². The van der Waals surface area contributed by atoms with Crippen molar-refractivity contribution in [3.8, 4) is 5.75 Å². The third-order valence-corrected chi connectivity index (χ3v) is 4.01. The van der Waals surface area contributed by atoms with Gasteiger partial charge in [-0.2, -0.15) is 0 Å². The first-order valence-corrected chi connectivity index (χ1v) is 7.25. The predicted molar refractivity (Wildman–Crippen MR) is 79.7 cm³/mol. The van der Waals surface area contributed by atoms with Gasteiger partial charge in [0.05, 0.1) is 0 Å². The summed E-state index contributed by atoms with van der Waals surface area (Å²) in [5.74, 6) is -0.951. The zero-order chi connectivity index (χ0) is 14.5. The Labute approximate surface area is 124 Å². The SMILES string of the molecule is C=CCC[C@@H](c1c(Cl)ccc(F)c1O)N1CCNCC1. The molecule has 20 heavy (non-hydrogen) atoms. The molecule has 0 aromatic heterocycles. The minimum absolute atomic E-state index is 0.0849. The van der Waals surface area contributed by atoms with Gasteiger partial charge in [0.25, 0.3) is 0 Å². The third kappa shape index (κ3) is 3.32. The number of hydrogen-bond acceptors (Lipinski definition) is 3. The quantitative estimate of drug-likeness (QED) is 0.820. The number of aromatic hydroxyl groups is 1. The van der Waals surface area contributed by atoms with E-state index < -0.39 is 5.82 Å². The van der Waals surface area contributed by atoms with Crippen molar-refractivity contribution in [1.82, 2.24) is 10.2 Å². The zero-order valence-corrected chi connectivity index (χ0v) is 12.2. The van der Waals surface area contributed by atoms with Crippen LogP contribution in [0.4, 0.5) is 4.39 Å². The van der Waals surface area contributed by atoms with Gasteiger partial charge in [-0.1, -0.05) is 17.7 Å². The molecule has 5 heteroatoms. The number of phenols is 1. The lowest BCUT2D eigenvalue weighted by Gasteiger charge is -2.35. The Bertz CT molecular complexity index is 475. The van der Waals surface area contributed by atoms with Gasteiger partial charge >= 0.3 is 0 Å². The van der Waals surface area contributed by atoms with Crippen LogP contribution in [0.5, 0.6) is 5.75 Å². The number of hydrogen-bond donors (Lipinski definition) is 2. The molecule has 1 saturated heterocycles. The summed E-state index contributed by atoms with van der Waals surface area (Å²) in [4.78, 5) is 2.24. The van der Waals surface area contributed by atoms with Crippen LogP contribution in [0.3, 0.4) is 0 Å². The van der Waals surface area contributed by atoms with Crippen LogP contribution in [0.2, 0.25) is 5.02 Å². The highest BCUT2D eigenvalue weighted by Crippen LogP contribution is 2.39. The number of phenolic OH excluding ortho intramolecular Hbond substituents is 1. The second-order valence-electron chi connectivity index (χ2n) is 4.96. The van der Waals surface area contributed by atoms with Crippen LogP contribution in [-0.4, -0.2) is 36.2 Å². The number of nitrogens with zero attached hydrogens (tertiary/aromatic N) is 1. The molecule has 1 aromatic rings. The van der Waals surface area contributed by atoms with Crippen molar-refractivity contribution in [2.24, 2.45) is 0 Å². The molecule has 3 nitrogen and oxygen atoms in total. The molecule has 1 fully saturated rings. The molecule has 110 valence electrons. The fourth-order valence-electron chi connectivity index (χ4n) is 2.65. The van der Waals surface area contributed by atoms with Gasteiger partial charge in [-0.05, 0) is 25.0 Å². The molecule has 2 N–H and O–H groups in total. The fourth-order valence-corrected chi connectivity index (χ4v) is 2.93.